The van der Waals surface area contributed by atoms with Crippen molar-refractivity contribution in [1.82, 2.24) is 19.6 Å². The molecule has 9 nitrogen and oxygen atoms in total. The van der Waals surface area contributed by atoms with Gasteiger partial charge >= 0.3 is 5.92 Å². The molecule has 0 aliphatic carbocycles. The Balaban J connectivity index is 0.000000198. The lowest BCUT2D eigenvalue weighted by atomic mass is 10.0. The van der Waals surface area contributed by atoms with Gasteiger partial charge in [0.1, 0.15) is 0 Å². The second kappa shape index (κ2) is 18.6. The van der Waals surface area contributed by atoms with Crippen LogP contribution in [0, 0.1) is 0 Å². The Morgan fingerprint density at radius 3 is 1.50 bits per heavy atom. The minimum atomic E-state index is -3.64. The summed E-state index contributed by atoms with van der Waals surface area (Å²) in [5, 5.41) is 14.3. The predicted octanol–water partition coefficient (Wildman–Crippen LogP) is 8.19. The van der Waals surface area contributed by atoms with Gasteiger partial charge in [-0.25, -0.2) is 0 Å². The van der Waals surface area contributed by atoms with Crippen molar-refractivity contribution in [2.45, 2.75) is 45.4 Å². The highest BCUT2D eigenvalue weighted by atomic mass is 19.3. The maximum absolute atomic E-state index is 15.1. The normalized spacial score (nSPS) is 17.3. The number of carbonyl (C=O) groups is 4. The van der Waals surface area contributed by atoms with Crippen LogP contribution in [0.5, 0.6) is 0 Å². The first-order valence-electron chi connectivity index (χ1n) is 19.8. The van der Waals surface area contributed by atoms with E-state index in [1.165, 1.54) is 17.0 Å². The van der Waals surface area contributed by atoms with Gasteiger partial charge in [-0.05, 0) is 77.4 Å². The van der Waals surface area contributed by atoms with Crippen LogP contribution in [0.4, 0.5) is 8.78 Å². The maximum atomic E-state index is 15.1. The van der Waals surface area contributed by atoms with Gasteiger partial charge in [0, 0.05) is 68.0 Å². The lowest BCUT2D eigenvalue weighted by molar-refractivity contribution is -0.163. The van der Waals surface area contributed by atoms with Crippen molar-refractivity contribution in [2.24, 2.45) is 0 Å². The van der Waals surface area contributed by atoms with Crippen molar-refractivity contribution in [3.05, 3.63) is 168 Å². The summed E-state index contributed by atoms with van der Waals surface area (Å²) in [6.45, 7) is 5.42. The van der Waals surface area contributed by atoms with E-state index in [4.69, 9.17) is 0 Å². The van der Waals surface area contributed by atoms with Crippen LogP contribution in [0.1, 0.15) is 59.2 Å². The van der Waals surface area contributed by atoms with Crippen LogP contribution in [0.2, 0.25) is 0 Å². The van der Waals surface area contributed by atoms with Gasteiger partial charge in [0.15, 0.2) is 6.10 Å². The first-order chi connectivity index (χ1) is 28.4. The number of benzene rings is 6. The summed E-state index contributed by atoms with van der Waals surface area (Å²) < 4.78 is 30.2. The Morgan fingerprint density at radius 2 is 1.00 bits per heavy atom. The molecule has 0 spiro atoms. The third-order valence-corrected chi connectivity index (χ3v) is 11.1. The molecule has 1 N–H and O–H groups in total. The quantitative estimate of drug-likeness (QED) is 0.183. The number of aliphatic hydroxyl groups excluding tert-OH is 1. The molecule has 6 aromatic carbocycles. The molecule has 0 aromatic heterocycles. The van der Waals surface area contributed by atoms with Crippen LogP contribution in [-0.4, -0.2) is 99.7 Å². The first kappa shape index (κ1) is 43.1. The fourth-order valence-electron chi connectivity index (χ4n) is 7.81. The Labute approximate surface area is 349 Å². The molecule has 6 aromatic rings. The van der Waals surface area contributed by atoms with Gasteiger partial charge in [-0.15, -0.1) is 0 Å². The number of hydrogen-bond acceptors (Lipinski definition) is 5. The Kier molecular flexibility index (Phi) is 13.4. The van der Waals surface area contributed by atoms with Crippen molar-refractivity contribution in [1.29, 1.82) is 0 Å². The molecule has 2 aliphatic heterocycles. The highest BCUT2D eigenvalue weighted by Gasteiger charge is 2.46. The first-order valence-corrected chi connectivity index (χ1v) is 19.8. The van der Waals surface area contributed by atoms with Crippen LogP contribution in [-0.2, 0) is 15.5 Å². The molecule has 0 radical (unpaired) electrons. The minimum absolute atomic E-state index is 0. The second-order valence-electron chi connectivity index (χ2n) is 15.1. The summed E-state index contributed by atoms with van der Waals surface area (Å²) in [6, 6.07) is 42.2. The fraction of sp³-hybridized carbons (Fsp3) is 0.265. The summed E-state index contributed by atoms with van der Waals surface area (Å²) in [5.74, 6) is -5.36. The molecule has 3 atom stereocenters. The molecule has 2 heterocycles. The van der Waals surface area contributed by atoms with Gasteiger partial charge in [-0.1, -0.05) is 117 Å². The molecule has 2 fully saturated rings. The standard InChI is InChI=1S/C24H22F2N2O2.C24H24N2O3.CH4/c1-17-16-27(22(29)19-8-3-2-4-9-19)13-14-28(17)23(30)24(25,26)21-12-11-18-7-5-6-10-20(18)15-21;1-17-16-25(23(28)19-8-3-2-4-9-19)13-14-26(17)24(29)22(27)21-12-11-18-7-5-6-10-20(18)15-21;/h2-12,15,17H,13-14,16H2,1H3;2-12,15,17,22,27H,13-14,16H2,1H3;1H4/t17-;17-,22?;/m11./s1. The molecule has 0 saturated carbocycles. The van der Waals surface area contributed by atoms with Gasteiger partial charge in [0.25, 0.3) is 23.6 Å². The summed E-state index contributed by atoms with van der Waals surface area (Å²) in [4.78, 5) is 57.3. The van der Waals surface area contributed by atoms with Crippen molar-refractivity contribution < 1.29 is 33.1 Å². The average Bonchev–Trinajstić information content (AvgIpc) is 3.28. The molecule has 1 unspecified atom stereocenters. The monoisotopic (exact) mass is 812 g/mol. The molecule has 0 bridgehead atoms. The number of rotatable bonds is 6. The number of aliphatic hydroxyl groups is 1. The minimum Gasteiger partial charge on any atom is -0.378 e. The number of amides is 4. The fourth-order valence-corrected chi connectivity index (χ4v) is 7.81. The van der Waals surface area contributed by atoms with Gasteiger partial charge < -0.3 is 24.7 Å². The van der Waals surface area contributed by atoms with Crippen molar-refractivity contribution in [2.75, 3.05) is 39.3 Å². The lowest BCUT2D eigenvalue weighted by Crippen LogP contribution is -2.58. The van der Waals surface area contributed by atoms with E-state index in [0.29, 0.717) is 41.7 Å². The summed E-state index contributed by atoms with van der Waals surface area (Å²) in [7, 11) is 0. The molecule has 2 aliphatic rings. The summed E-state index contributed by atoms with van der Waals surface area (Å²) in [6.07, 6.45) is -1.21. The van der Waals surface area contributed by atoms with Gasteiger partial charge in [-0.3, -0.25) is 19.2 Å². The topological polar surface area (TPSA) is 101 Å². The van der Waals surface area contributed by atoms with E-state index < -0.39 is 24.0 Å². The van der Waals surface area contributed by atoms with E-state index in [1.807, 2.05) is 79.7 Å². The van der Waals surface area contributed by atoms with Gasteiger partial charge in [0.2, 0.25) is 0 Å². The smallest absolute Gasteiger partial charge is 0.349 e. The van der Waals surface area contributed by atoms with Crippen molar-refractivity contribution >= 4 is 45.2 Å². The third-order valence-electron chi connectivity index (χ3n) is 11.1. The summed E-state index contributed by atoms with van der Waals surface area (Å²) in [5.41, 5.74) is 1.46. The number of nitrogens with zero attached hydrogens (tertiary/aromatic N) is 4. The zero-order valence-corrected chi connectivity index (χ0v) is 33.0. The van der Waals surface area contributed by atoms with Crippen LogP contribution in [0.25, 0.3) is 21.5 Å². The maximum Gasteiger partial charge on any atom is 0.349 e. The zero-order chi connectivity index (χ0) is 41.7. The van der Waals surface area contributed by atoms with E-state index >= 15 is 8.78 Å². The largest absolute Gasteiger partial charge is 0.378 e. The number of fused-ring (bicyclic) bond motifs is 2. The van der Waals surface area contributed by atoms with E-state index in [-0.39, 0.29) is 56.4 Å². The molecule has 4 amide bonds. The van der Waals surface area contributed by atoms with Crippen LogP contribution < -0.4 is 0 Å². The van der Waals surface area contributed by atoms with E-state index in [0.717, 1.165) is 16.2 Å². The average molecular weight is 813 g/mol. The number of halogens is 2. The van der Waals surface area contributed by atoms with Crippen LogP contribution in [0.3, 0.4) is 0 Å². The Bertz CT molecular complexity index is 2470. The molecular formula is C49H50F2N4O5. The van der Waals surface area contributed by atoms with Crippen molar-refractivity contribution in [3.63, 3.8) is 0 Å². The van der Waals surface area contributed by atoms with Gasteiger partial charge in [-0.2, -0.15) is 8.78 Å². The molecule has 310 valence electrons. The predicted molar refractivity (Wildman–Crippen MR) is 231 cm³/mol. The number of carbonyl (C=O) groups excluding carboxylic acids is 4. The molecule has 8 rings (SSSR count). The second-order valence-corrected chi connectivity index (χ2v) is 15.1. The van der Waals surface area contributed by atoms with Crippen LogP contribution >= 0.6 is 0 Å². The van der Waals surface area contributed by atoms with E-state index in [2.05, 4.69) is 0 Å². The van der Waals surface area contributed by atoms with Gasteiger partial charge in [0.05, 0.1) is 0 Å². The molecular weight excluding hydrogens is 763 g/mol. The SMILES string of the molecule is C.C[C@@H]1CN(C(=O)c2ccccc2)CCN1C(=O)C(F)(F)c1ccc2ccccc2c1.C[C@@H]1CN(C(=O)c2ccccc2)CCN1C(=O)C(O)c1ccc2ccccc2c1. The molecule has 11 heteroatoms. The van der Waals surface area contributed by atoms with Crippen molar-refractivity contribution in [3.8, 4) is 0 Å². The van der Waals surface area contributed by atoms with Crippen LogP contribution in [0.15, 0.2) is 146 Å². The third kappa shape index (κ3) is 9.21. The molecule has 2 saturated heterocycles. The number of hydrogen-bond donors (Lipinski definition) is 1. The van der Waals surface area contributed by atoms with E-state index in [9.17, 15) is 24.3 Å². The zero-order valence-electron chi connectivity index (χ0n) is 33.0. The van der Waals surface area contributed by atoms with E-state index in [1.54, 1.807) is 82.3 Å². The number of piperazine rings is 2. The number of alkyl halides is 2. The highest BCUT2D eigenvalue weighted by Crippen LogP contribution is 2.34. The Morgan fingerprint density at radius 1 is 0.567 bits per heavy atom. The highest BCUT2D eigenvalue weighted by molar-refractivity contribution is 5.95. The lowest BCUT2D eigenvalue weighted by Gasteiger charge is -2.41. The summed E-state index contributed by atoms with van der Waals surface area (Å²) >= 11 is 0. The molecule has 60 heavy (non-hydrogen) atoms. The Hall–Kier alpha value is -6.46.